The largest absolute Gasteiger partial charge is 0.468 e. The number of nitrogens with two attached hydrogens (primary N) is 1. The first-order valence-corrected chi connectivity index (χ1v) is 4.92. The van der Waals surface area contributed by atoms with Gasteiger partial charge in [-0.2, -0.15) is 0 Å². The minimum Gasteiger partial charge on any atom is -0.468 e. The molecule has 5 heteroatoms. The number of hydrogen-bond acceptors (Lipinski definition) is 3. The number of ether oxygens (including phenoxy) is 1. The van der Waals surface area contributed by atoms with Crippen LogP contribution in [-0.4, -0.2) is 13.1 Å². The molecular weight excluding hydrogens is 300 g/mol. The summed E-state index contributed by atoms with van der Waals surface area (Å²) in [5.41, 5.74) is 5.66. The summed E-state index contributed by atoms with van der Waals surface area (Å²) in [4.78, 5) is 11.1. The predicted molar refractivity (Wildman–Crippen MR) is 58.1 cm³/mol. The van der Waals surface area contributed by atoms with Gasteiger partial charge in [0.1, 0.15) is 11.9 Å². The van der Waals surface area contributed by atoms with Gasteiger partial charge in [0.05, 0.1) is 7.11 Å². The molecule has 0 spiro atoms. The zero-order valence-electron chi connectivity index (χ0n) is 7.46. The molecule has 1 rings (SSSR count). The summed E-state index contributed by atoms with van der Waals surface area (Å²) in [5, 5.41) is 0. The summed E-state index contributed by atoms with van der Waals surface area (Å²) in [7, 11) is 1.22. The summed E-state index contributed by atoms with van der Waals surface area (Å²) in [5.74, 6) is -1.14. The van der Waals surface area contributed by atoms with Crippen LogP contribution in [0.2, 0.25) is 0 Å². The molecule has 1 atom stereocenters. The second-order valence-electron chi connectivity index (χ2n) is 2.67. The number of esters is 1. The first kappa shape index (κ1) is 11.4. The van der Waals surface area contributed by atoms with Gasteiger partial charge in [-0.3, -0.25) is 4.79 Å². The summed E-state index contributed by atoms with van der Waals surface area (Å²) in [6.07, 6.45) is 0. The Balaban J connectivity index is 3.05. The lowest BCUT2D eigenvalue weighted by Crippen LogP contribution is -2.23. The Bertz CT molecular complexity index is 357. The Morgan fingerprint density at radius 3 is 2.86 bits per heavy atom. The van der Waals surface area contributed by atoms with E-state index in [1.165, 1.54) is 19.2 Å². The van der Waals surface area contributed by atoms with E-state index in [0.717, 1.165) is 3.57 Å². The molecule has 76 valence electrons. The molecule has 2 N–H and O–H groups in total. The SMILES string of the molecule is COC(=O)[C@@H](N)c1cc(I)ccc1F. The lowest BCUT2D eigenvalue weighted by atomic mass is 10.1. The third-order valence-corrected chi connectivity index (χ3v) is 2.42. The van der Waals surface area contributed by atoms with E-state index in [1.54, 1.807) is 6.07 Å². The maximum atomic E-state index is 13.2. The Labute approximate surface area is 94.6 Å². The molecule has 0 aromatic heterocycles. The van der Waals surface area contributed by atoms with E-state index in [-0.39, 0.29) is 5.56 Å². The normalized spacial score (nSPS) is 12.3. The van der Waals surface area contributed by atoms with Gasteiger partial charge in [-0.1, -0.05) is 0 Å². The van der Waals surface area contributed by atoms with Crippen LogP contribution in [0.5, 0.6) is 0 Å². The number of methoxy groups -OCH3 is 1. The van der Waals surface area contributed by atoms with Crippen molar-refractivity contribution in [3.63, 3.8) is 0 Å². The second-order valence-corrected chi connectivity index (χ2v) is 3.91. The minimum absolute atomic E-state index is 0.156. The van der Waals surface area contributed by atoms with Gasteiger partial charge in [0.25, 0.3) is 0 Å². The van der Waals surface area contributed by atoms with E-state index in [9.17, 15) is 9.18 Å². The van der Waals surface area contributed by atoms with Crippen LogP contribution in [0, 0.1) is 9.39 Å². The van der Waals surface area contributed by atoms with Gasteiger partial charge in [-0.05, 0) is 40.8 Å². The molecule has 0 saturated carbocycles. The standard InChI is InChI=1S/C9H9FINO2/c1-14-9(13)8(12)6-4-5(11)2-3-7(6)10/h2-4,8H,12H2,1H3/t8-/m0/s1. The Morgan fingerprint density at radius 1 is 1.64 bits per heavy atom. The average molecular weight is 309 g/mol. The highest BCUT2D eigenvalue weighted by Gasteiger charge is 2.19. The second kappa shape index (κ2) is 4.70. The van der Waals surface area contributed by atoms with Crippen molar-refractivity contribution >= 4 is 28.6 Å². The van der Waals surface area contributed by atoms with Crippen LogP contribution in [0.3, 0.4) is 0 Å². The number of carbonyl (C=O) groups is 1. The monoisotopic (exact) mass is 309 g/mol. The molecule has 0 saturated heterocycles. The van der Waals surface area contributed by atoms with Crippen LogP contribution in [0.25, 0.3) is 0 Å². The lowest BCUT2D eigenvalue weighted by molar-refractivity contribution is -0.142. The van der Waals surface area contributed by atoms with Crippen molar-refractivity contribution in [2.24, 2.45) is 5.73 Å². The van der Waals surface area contributed by atoms with Gasteiger partial charge < -0.3 is 10.5 Å². The quantitative estimate of drug-likeness (QED) is 0.667. The van der Waals surface area contributed by atoms with E-state index >= 15 is 0 Å². The molecule has 0 unspecified atom stereocenters. The molecule has 0 bridgehead atoms. The lowest BCUT2D eigenvalue weighted by Gasteiger charge is -2.10. The van der Waals surface area contributed by atoms with Crippen molar-refractivity contribution in [3.05, 3.63) is 33.1 Å². The molecule has 14 heavy (non-hydrogen) atoms. The topological polar surface area (TPSA) is 52.3 Å². The highest BCUT2D eigenvalue weighted by Crippen LogP contribution is 2.18. The fourth-order valence-electron chi connectivity index (χ4n) is 1.01. The van der Waals surface area contributed by atoms with Gasteiger partial charge in [0, 0.05) is 9.13 Å². The highest BCUT2D eigenvalue weighted by molar-refractivity contribution is 14.1. The maximum absolute atomic E-state index is 13.2. The number of halogens is 2. The first-order chi connectivity index (χ1) is 6.56. The molecule has 0 aliphatic heterocycles. The fraction of sp³-hybridized carbons (Fsp3) is 0.222. The van der Waals surface area contributed by atoms with Crippen LogP contribution in [0.1, 0.15) is 11.6 Å². The van der Waals surface area contributed by atoms with Gasteiger partial charge in [0.15, 0.2) is 0 Å². The number of benzene rings is 1. The smallest absolute Gasteiger partial charge is 0.327 e. The van der Waals surface area contributed by atoms with Crippen LogP contribution in [0.4, 0.5) is 4.39 Å². The predicted octanol–water partition coefficient (Wildman–Crippen LogP) is 1.60. The van der Waals surface area contributed by atoms with Crippen LogP contribution >= 0.6 is 22.6 Å². The number of hydrogen-bond donors (Lipinski definition) is 1. The van der Waals surface area contributed by atoms with Gasteiger partial charge in [-0.15, -0.1) is 0 Å². The molecule has 1 aromatic rings. The van der Waals surface area contributed by atoms with Crippen molar-refractivity contribution in [2.75, 3.05) is 7.11 Å². The summed E-state index contributed by atoms with van der Waals surface area (Å²) in [6, 6.07) is 3.34. The van der Waals surface area contributed by atoms with E-state index in [0.29, 0.717) is 0 Å². The molecule has 0 heterocycles. The maximum Gasteiger partial charge on any atom is 0.327 e. The zero-order chi connectivity index (χ0) is 10.7. The highest BCUT2D eigenvalue weighted by atomic mass is 127. The van der Waals surface area contributed by atoms with Crippen LogP contribution in [-0.2, 0) is 9.53 Å². The Hall–Kier alpha value is -0.690. The first-order valence-electron chi connectivity index (χ1n) is 3.84. The van der Waals surface area contributed by atoms with Gasteiger partial charge in [0.2, 0.25) is 0 Å². The molecular formula is C9H9FINO2. The fourth-order valence-corrected chi connectivity index (χ4v) is 1.52. The third kappa shape index (κ3) is 2.42. The summed E-state index contributed by atoms with van der Waals surface area (Å²) >= 11 is 2.02. The Morgan fingerprint density at radius 2 is 2.29 bits per heavy atom. The zero-order valence-corrected chi connectivity index (χ0v) is 9.62. The Kier molecular flexibility index (Phi) is 3.82. The van der Waals surface area contributed by atoms with E-state index < -0.39 is 17.8 Å². The van der Waals surface area contributed by atoms with Crippen LogP contribution < -0.4 is 5.73 Å². The minimum atomic E-state index is -1.06. The molecule has 0 aliphatic rings. The van der Waals surface area contributed by atoms with Crippen molar-refractivity contribution < 1.29 is 13.9 Å². The molecule has 0 radical (unpaired) electrons. The van der Waals surface area contributed by atoms with Crippen molar-refractivity contribution in [3.8, 4) is 0 Å². The molecule has 1 aromatic carbocycles. The van der Waals surface area contributed by atoms with Crippen molar-refractivity contribution in [2.45, 2.75) is 6.04 Å². The number of carbonyl (C=O) groups excluding carboxylic acids is 1. The van der Waals surface area contributed by atoms with E-state index in [1.807, 2.05) is 22.6 Å². The summed E-state index contributed by atoms with van der Waals surface area (Å²) < 4.78 is 18.5. The summed E-state index contributed by atoms with van der Waals surface area (Å²) in [6.45, 7) is 0. The van der Waals surface area contributed by atoms with Crippen molar-refractivity contribution in [1.82, 2.24) is 0 Å². The molecule has 0 amide bonds. The van der Waals surface area contributed by atoms with Crippen LogP contribution in [0.15, 0.2) is 18.2 Å². The van der Waals surface area contributed by atoms with Gasteiger partial charge >= 0.3 is 5.97 Å². The van der Waals surface area contributed by atoms with E-state index in [4.69, 9.17) is 5.73 Å². The van der Waals surface area contributed by atoms with Crippen molar-refractivity contribution in [1.29, 1.82) is 0 Å². The van der Waals surface area contributed by atoms with E-state index in [2.05, 4.69) is 4.74 Å². The molecule has 0 fully saturated rings. The average Bonchev–Trinajstić information content (AvgIpc) is 2.19. The molecule has 3 nitrogen and oxygen atoms in total. The third-order valence-electron chi connectivity index (χ3n) is 1.75. The van der Waals surface area contributed by atoms with Gasteiger partial charge in [-0.25, -0.2) is 4.39 Å². The number of rotatable bonds is 2. The molecule has 0 aliphatic carbocycles.